The number of nitrogens with zero attached hydrogens (tertiary/aromatic N) is 4. The molecule has 0 saturated heterocycles. The van der Waals surface area contributed by atoms with Crippen LogP contribution in [-0.4, -0.2) is 25.5 Å². The van der Waals surface area contributed by atoms with E-state index in [0.717, 1.165) is 4.68 Å². The molecule has 0 atom stereocenters. The SMILES string of the molecule is Cc1c(Cl)c(C(F)F)nn1CC(=O)Nc1ccn(Cc2c(F)cccc2Cl)n1. The molecule has 6 nitrogen and oxygen atoms in total. The van der Waals surface area contributed by atoms with Crippen molar-refractivity contribution in [3.8, 4) is 0 Å². The van der Waals surface area contributed by atoms with Gasteiger partial charge in [0.25, 0.3) is 6.43 Å². The number of hydrogen-bond acceptors (Lipinski definition) is 3. The Morgan fingerprint density at radius 3 is 2.64 bits per heavy atom. The van der Waals surface area contributed by atoms with Crippen LogP contribution >= 0.6 is 23.2 Å². The molecule has 28 heavy (non-hydrogen) atoms. The second-order valence-electron chi connectivity index (χ2n) is 5.89. The molecular formula is C17H14Cl2F3N5O. The van der Waals surface area contributed by atoms with Gasteiger partial charge >= 0.3 is 0 Å². The van der Waals surface area contributed by atoms with Crippen LogP contribution in [0.25, 0.3) is 0 Å². The zero-order chi connectivity index (χ0) is 20.4. The first-order valence-corrected chi connectivity index (χ1v) is 8.79. The van der Waals surface area contributed by atoms with Crippen molar-refractivity contribution in [3.05, 3.63) is 63.3 Å². The summed E-state index contributed by atoms with van der Waals surface area (Å²) in [6.45, 7) is 1.25. The van der Waals surface area contributed by atoms with E-state index in [2.05, 4.69) is 15.5 Å². The molecule has 1 aromatic carbocycles. The minimum atomic E-state index is -2.84. The Balaban J connectivity index is 1.67. The predicted octanol–water partition coefficient (Wildman–Crippen LogP) is 4.46. The lowest BCUT2D eigenvalue weighted by atomic mass is 10.2. The van der Waals surface area contributed by atoms with Crippen LogP contribution in [0, 0.1) is 12.7 Å². The highest BCUT2D eigenvalue weighted by atomic mass is 35.5. The number of amides is 1. The molecule has 0 aliphatic heterocycles. The number of rotatable bonds is 6. The van der Waals surface area contributed by atoms with Crippen LogP contribution in [0.4, 0.5) is 19.0 Å². The third kappa shape index (κ3) is 4.31. The maximum absolute atomic E-state index is 13.9. The largest absolute Gasteiger partial charge is 0.308 e. The summed E-state index contributed by atoms with van der Waals surface area (Å²) in [5.41, 5.74) is -0.0451. The first kappa shape index (κ1) is 20.2. The number of halogens is 5. The zero-order valence-electron chi connectivity index (χ0n) is 14.5. The number of benzene rings is 1. The fraction of sp³-hybridized carbons (Fsp3) is 0.235. The van der Waals surface area contributed by atoms with E-state index in [-0.39, 0.29) is 40.2 Å². The van der Waals surface area contributed by atoms with Crippen LogP contribution in [0.2, 0.25) is 10.0 Å². The van der Waals surface area contributed by atoms with Crippen LogP contribution in [0.5, 0.6) is 0 Å². The van der Waals surface area contributed by atoms with Crippen molar-refractivity contribution in [1.82, 2.24) is 19.6 Å². The minimum absolute atomic E-state index is 0.0764. The second kappa shape index (κ2) is 8.24. The van der Waals surface area contributed by atoms with Gasteiger partial charge in [0.15, 0.2) is 5.82 Å². The van der Waals surface area contributed by atoms with Crippen LogP contribution in [0.15, 0.2) is 30.5 Å². The Morgan fingerprint density at radius 2 is 2.00 bits per heavy atom. The number of hydrogen-bond donors (Lipinski definition) is 1. The summed E-state index contributed by atoms with van der Waals surface area (Å²) in [7, 11) is 0. The maximum atomic E-state index is 13.9. The zero-order valence-corrected chi connectivity index (χ0v) is 16.0. The van der Waals surface area contributed by atoms with E-state index < -0.39 is 23.8 Å². The minimum Gasteiger partial charge on any atom is -0.308 e. The Bertz CT molecular complexity index is 998. The topological polar surface area (TPSA) is 64.7 Å². The Kier molecular flexibility index (Phi) is 5.95. The summed E-state index contributed by atoms with van der Waals surface area (Å²) in [4.78, 5) is 12.2. The van der Waals surface area contributed by atoms with Crippen LogP contribution in [0.1, 0.15) is 23.4 Å². The number of alkyl halides is 2. The highest BCUT2D eigenvalue weighted by molar-refractivity contribution is 6.32. The summed E-state index contributed by atoms with van der Waals surface area (Å²) in [6.07, 6.45) is -1.29. The molecule has 148 valence electrons. The molecule has 0 spiro atoms. The number of carbonyl (C=O) groups excluding carboxylic acids is 1. The van der Waals surface area contributed by atoms with Crippen molar-refractivity contribution in [3.63, 3.8) is 0 Å². The lowest BCUT2D eigenvalue weighted by molar-refractivity contribution is -0.117. The number of carbonyl (C=O) groups is 1. The van der Waals surface area contributed by atoms with Gasteiger partial charge in [-0.05, 0) is 19.1 Å². The van der Waals surface area contributed by atoms with E-state index in [4.69, 9.17) is 23.2 Å². The first-order valence-electron chi connectivity index (χ1n) is 8.03. The van der Waals surface area contributed by atoms with Crippen molar-refractivity contribution in [1.29, 1.82) is 0 Å². The van der Waals surface area contributed by atoms with Crippen molar-refractivity contribution in [2.24, 2.45) is 0 Å². The van der Waals surface area contributed by atoms with Crippen molar-refractivity contribution in [2.75, 3.05) is 5.32 Å². The Hall–Kier alpha value is -2.52. The molecule has 3 aromatic rings. The molecule has 0 fully saturated rings. The highest BCUT2D eigenvalue weighted by Crippen LogP contribution is 2.28. The number of nitrogens with one attached hydrogen (secondary N) is 1. The molecule has 0 radical (unpaired) electrons. The van der Waals surface area contributed by atoms with Crippen LogP contribution in [-0.2, 0) is 17.9 Å². The maximum Gasteiger partial charge on any atom is 0.283 e. The average Bonchev–Trinajstić information content (AvgIpc) is 3.17. The molecule has 0 aliphatic carbocycles. The van der Waals surface area contributed by atoms with Gasteiger partial charge in [-0.2, -0.15) is 10.2 Å². The molecule has 0 aliphatic rings. The van der Waals surface area contributed by atoms with Crippen molar-refractivity contribution >= 4 is 34.9 Å². The van der Waals surface area contributed by atoms with Gasteiger partial charge in [-0.25, -0.2) is 13.2 Å². The van der Waals surface area contributed by atoms with E-state index >= 15 is 0 Å². The van der Waals surface area contributed by atoms with Gasteiger partial charge < -0.3 is 5.32 Å². The molecule has 2 heterocycles. The van der Waals surface area contributed by atoms with Gasteiger partial charge in [0.1, 0.15) is 18.1 Å². The normalized spacial score (nSPS) is 11.2. The summed E-state index contributed by atoms with van der Waals surface area (Å²) in [5.74, 6) is -0.783. The quantitative estimate of drug-likeness (QED) is 0.626. The second-order valence-corrected chi connectivity index (χ2v) is 6.68. The van der Waals surface area contributed by atoms with Crippen LogP contribution < -0.4 is 5.32 Å². The highest BCUT2D eigenvalue weighted by Gasteiger charge is 2.21. The van der Waals surface area contributed by atoms with Gasteiger partial charge in [-0.3, -0.25) is 14.2 Å². The molecular weight excluding hydrogens is 418 g/mol. The van der Waals surface area contributed by atoms with Gasteiger partial charge in [-0.15, -0.1) is 0 Å². The standard InChI is InChI=1S/C17H14Cl2F3N5O/c1-9-15(19)16(17(21)22)25-27(9)8-14(28)23-13-5-6-26(24-13)7-10-11(18)3-2-4-12(10)20/h2-6,17H,7-8H2,1H3,(H,23,24,28). The fourth-order valence-corrected chi connectivity index (χ4v) is 2.96. The van der Waals surface area contributed by atoms with E-state index in [0.29, 0.717) is 0 Å². The number of anilines is 1. The Labute approximate surface area is 167 Å². The summed E-state index contributed by atoms with van der Waals surface area (Å²) in [6, 6.07) is 5.87. The third-order valence-electron chi connectivity index (χ3n) is 3.95. The molecule has 1 N–H and O–H groups in total. The van der Waals surface area contributed by atoms with E-state index in [1.54, 1.807) is 12.3 Å². The van der Waals surface area contributed by atoms with Gasteiger partial charge in [0, 0.05) is 22.8 Å². The Morgan fingerprint density at radius 1 is 1.25 bits per heavy atom. The molecule has 2 aromatic heterocycles. The predicted molar refractivity (Wildman–Crippen MR) is 98.3 cm³/mol. The molecule has 0 bridgehead atoms. The number of aromatic nitrogens is 4. The molecule has 11 heteroatoms. The lowest BCUT2D eigenvalue weighted by Gasteiger charge is -2.06. The smallest absolute Gasteiger partial charge is 0.283 e. The summed E-state index contributed by atoms with van der Waals surface area (Å²) < 4.78 is 42.0. The average molecular weight is 432 g/mol. The van der Waals surface area contributed by atoms with Gasteiger partial charge in [0.2, 0.25) is 5.91 Å². The van der Waals surface area contributed by atoms with Gasteiger partial charge in [-0.1, -0.05) is 29.3 Å². The molecule has 3 rings (SSSR count). The monoisotopic (exact) mass is 431 g/mol. The van der Waals surface area contributed by atoms with E-state index in [9.17, 15) is 18.0 Å². The van der Waals surface area contributed by atoms with Crippen molar-refractivity contribution < 1.29 is 18.0 Å². The summed E-state index contributed by atoms with van der Waals surface area (Å²) in [5, 5.41) is 10.4. The first-order chi connectivity index (χ1) is 13.3. The lowest BCUT2D eigenvalue weighted by Crippen LogP contribution is -2.20. The molecule has 1 amide bonds. The van der Waals surface area contributed by atoms with Crippen molar-refractivity contribution in [2.45, 2.75) is 26.4 Å². The van der Waals surface area contributed by atoms with E-state index in [1.807, 2.05) is 0 Å². The summed E-state index contributed by atoms with van der Waals surface area (Å²) >= 11 is 11.8. The third-order valence-corrected chi connectivity index (χ3v) is 4.77. The fourth-order valence-electron chi connectivity index (χ4n) is 2.52. The van der Waals surface area contributed by atoms with Crippen LogP contribution in [0.3, 0.4) is 0 Å². The van der Waals surface area contributed by atoms with E-state index in [1.165, 1.54) is 29.8 Å². The molecule has 0 unspecified atom stereocenters. The molecule has 0 saturated carbocycles. The van der Waals surface area contributed by atoms with Gasteiger partial charge in [0.05, 0.1) is 17.3 Å².